The molecule has 1 aromatic rings. The van der Waals surface area contributed by atoms with Crippen molar-refractivity contribution in [3.8, 4) is 0 Å². The molecule has 3 heteroatoms. The molecule has 0 saturated heterocycles. The number of rotatable bonds is 1. The average molecular weight is 195 g/mol. The van der Waals surface area contributed by atoms with Crippen LogP contribution < -0.4 is 0 Å². The van der Waals surface area contributed by atoms with E-state index in [0.29, 0.717) is 12.2 Å². The molecule has 1 atom stereocenters. The van der Waals surface area contributed by atoms with Gasteiger partial charge in [-0.15, -0.1) is 11.3 Å². The van der Waals surface area contributed by atoms with Crippen molar-refractivity contribution < 1.29 is 4.79 Å². The van der Waals surface area contributed by atoms with Gasteiger partial charge in [0.25, 0.3) is 0 Å². The van der Waals surface area contributed by atoms with Crippen LogP contribution in [0, 0.1) is 6.92 Å². The highest BCUT2D eigenvalue weighted by atomic mass is 32.1. The van der Waals surface area contributed by atoms with Crippen LogP contribution >= 0.6 is 11.3 Å². The van der Waals surface area contributed by atoms with E-state index in [1.165, 1.54) is 0 Å². The lowest BCUT2D eigenvalue weighted by Crippen LogP contribution is -2.18. The fourth-order valence-corrected chi connectivity index (χ4v) is 2.66. The highest BCUT2D eigenvalue weighted by Gasteiger charge is 2.37. The third-order valence-electron chi connectivity index (χ3n) is 2.78. The molecule has 13 heavy (non-hydrogen) atoms. The zero-order valence-corrected chi connectivity index (χ0v) is 8.78. The minimum absolute atomic E-state index is 0.0296. The Labute approximate surface area is 82.0 Å². The van der Waals surface area contributed by atoms with E-state index in [2.05, 4.69) is 17.3 Å². The summed E-state index contributed by atoms with van der Waals surface area (Å²) in [5.41, 5.74) is 1.14. The van der Waals surface area contributed by atoms with Crippen LogP contribution in [0.15, 0.2) is 5.38 Å². The summed E-state index contributed by atoms with van der Waals surface area (Å²) < 4.78 is 0. The smallest absolute Gasteiger partial charge is 0.133 e. The number of carbonyl (C=O) groups excluding carboxylic acids is 1. The lowest BCUT2D eigenvalue weighted by atomic mass is 9.86. The van der Waals surface area contributed by atoms with Crippen LogP contribution in [0.3, 0.4) is 0 Å². The van der Waals surface area contributed by atoms with Gasteiger partial charge in [-0.2, -0.15) is 0 Å². The summed E-state index contributed by atoms with van der Waals surface area (Å²) >= 11 is 1.67. The van der Waals surface area contributed by atoms with Crippen LogP contribution in [0.2, 0.25) is 0 Å². The van der Waals surface area contributed by atoms with E-state index >= 15 is 0 Å². The summed E-state index contributed by atoms with van der Waals surface area (Å²) in [4.78, 5) is 15.7. The monoisotopic (exact) mass is 195 g/mol. The molecule has 1 aliphatic carbocycles. The molecule has 0 amide bonds. The minimum atomic E-state index is 0.0296. The molecule has 0 aliphatic heterocycles. The second-order valence-electron chi connectivity index (χ2n) is 4.03. The van der Waals surface area contributed by atoms with Crippen molar-refractivity contribution >= 4 is 17.1 Å². The van der Waals surface area contributed by atoms with E-state index in [1.54, 1.807) is 11.3 Å². The normalized spacial score (nSPS) is 28.3. The van der Waals surface area contributed by atoms with E-state index in [9.17, 15) is 4.79 Å². The number of hydrogen-bond donors (Lipinski definition) is 0. The van der Waals surface area contributed by atoms with Crippen molar-refractivity contribution in [2.45, 2.75) is 38.5 Å². The maximum atomic E-state index is 11.2. The molecule has 0 bridgehead atoms. The molecular formula is C10H13NOS. The van der Waals surface area contributed by atoms with Crippen LogP contribution in [0.25, 0.3) is 0 Å². The van der Waals surface area contributed by atoms with Crippen molar-refractivity contribution in [1.29, 1.82) is 0 Å². The van der Waals surface area contributed by atoms with Gasteiger partial charge in [0.1, 0.15) is 5.78 Å². The third kappa shape index (κ3) is 1.53. The van der Waals surface area contributed by atoms with Gasteiger partial charge in [-0.25, -0.2) is 4.98 Å². The van der Waals surface area contributed by atoms with Crippen LogP contribution in [-0.4, -0.2) is 10.8 Å². The summed E-state index contributed by atoms with van der Waals surface area (Å²) in [6.45, 7) is 4.15. The lowest BCUT2D eigenvalue weighted by Gasteiger charge is -2.19. The number of aryl methyl sites for hydroxylation is 1. The molecule has 1 fully saturated rings. The fraction of sp³-hybridized carbons (Fsp3) is 0.600. The van der Waals surface area contributed by atoms with Gasteiger partial charge in [0.15, 0.2) is 0 Å². The number of aromatic nitrogens is 1. The quantitative estimate of drug-likeness (QED) is 0.689. The molecule has 1 aliphatic rings. The first-order chi connectivity index (χ1) is 6.10. The number of carbonyl (C=O) groups is 1. The Morgan fingerprint density at radius 2 is 2.38 bits per heavy atom. The third-order valence-corrected chi connectivity index (χ3v) is 3.55. The molecule has 0 radical (unpaired) electrons. The topological polar surface area (TPSA) is 30.0 Å². The number of hydrogen-bond acceptors (Lipinski definition) is 3. The van der Waals surface area contributed by atoms with Crippen molar-refractivity contribution in [1.82, 2.24) is 4.98 Å². The molecule has 1 heterocycles. The first kappa shape index (κ1) is 8.88. The molecule has 0 N–H and O–H groups in total. The van der Waals surface area contributed by atoms with Gasteiger partial charge in [-0.1, -0.05) is 6.92 Å². The number of ketones is 1. The summed E-state index contributed by atoms with van der Waals surface area (Å²) in [6.07, 6.45) is 2.37. The van der Waals surface area contributed by atoms with Gasteiger partial charge in [0.2, 0.25) is 0 Å². The molecule has 70 valence electrons. The maximum absolute atomic E-state index is 11.2. The molecule has 2 rings (SSSR count). The largest absolute Gasteiger partial charge is 0.300 e. The second kappa shape index (κ2) is 2.91. The predicted octanol–water partition coefficient (Wildman–Crippen LogP) is 2.46. The Kier molecular flexibility index (Phi) is 1.99. The van der Waals surface area contributed by atoms with Crippen LogP contribution in [0.1, 0.15) is 36.9 Å². The Morgan fingerprint density at radius 3 is 2.85 bits per heavy atom. The molecule has 1 aromatic heterocycles. The number of nitrogens with zero attached hydrogens (tertiary/aromatic N) is 1. The fourth-order valence-electron chi connectivity index (χ4n) is 1.89. The van der Waals surface area contributed by atoms with Crippen LogP contribution in [0.5, 0.6) is 0 Å². The Balaban J connectivity index is 2.30. The van der Waals surface area contributed by atoms with Crippen molar-refractivity contribution in [3.63, 3.8) is 0 Å². The SMILES string of the molecule is Cc1nc(C2(C)CCC(=O)C2)cs1. The standard InChI is InChI=1S/C10H13NOS/c1-7-11-9(6-13-7)10(2)4-3-8(12)5-10/h6H,3-5H2,1-2H3. The Bertz CT molecular complexity index is 344. The van der Waals surface area contributed by atoms with Gasteiger partial charge in [-0.05, 0) is 13.3 Å². The van der Waals surface area contributed by atoms with Gasteiger partial charge < -0.3 is 0 Å². The second-order valence-corrected chi connectivity index (χ2v) is 5.09. The van der Waals surface area contributed by atoms with E-state index in [1.807, 2.05) is 6.92 Å². The summed E-state index contributed by atoms with van der Waals surface area (Å²) in [5, 5.41) is 3.18. The molecule has 1 saturated carbocycles. The Hall–Kier alpha value is -0.700. The highest BCUT2D eigenvalue weighted by molar-refractivity contribution is 7.09. The maximum Gasteiger partial charge on any atom is 0.133 e. The highest BCUT2D eigenvalue weighted by Crippen LogP contribution is 2.38. The van der Waals surface area contributed by atoms with E-state index in [-0.39, 0.29) is 5.41 Å². The first-order valence-electron chi connectivity index (χ1n) is 4.54. The van der Waals surface area contributed by atoms with Crippen LogP contribution in [-0.2, 0) is 10.2 Å². The zero-order chi connectivity index (χ0) is 9.47. The van der Waals surface area contributed by atoms with Gasteiger partial charge in [0, 0.05) is 23.6 Å². The minimum Gasteiger partial charge on any atom is -0.300 e. The van der Waals surface area contributed by atoms with Gasteiger partial charge in [0.05, 0.1) is 10.7 Å². The molecule has 2 nitrogen and oxygen atoms in total. The van der Waals surface area contributed by atoms with E-state index in [0.717, 1.165) is 23.5 Å². The summed E-state index contributed by atoms with van der Waals surface area (Å²) in [6, 6.07) is 0. The molecule has 0 aromatic carbocycles. The summed E-state index contributed by atoms with van der Waals surface area (Å²) in [5.74, 6) is 0.383. The average Bonchev–Trinajstić information content (AvgIpc) is 2.60. The number of Topliss-reactive ketones (excluding diaryl/α,β-unsaturated/α-hetero) is 1. The number of thiazole rings is 1. The van der Waals surface area contributed by atoms with Crippen molar-refractivity contribution in [2.75, 3.05) is 0 Å². The van der Waals surface area contributed by atoms with Gasteiger partial charge >= 0.3 is 0 Å². The summed E-state index contributed by atoms with van der Waals surface area (Å²) in [7, 11) is 0. The van der Waals surface area contributed by atoms with Gasteiger partial charge in [-0.3, -0.25) is 4.79 Å². The Morgan fingerprint density at radius 1 is 1.62 bits per heavy atom. The molecular weight excluding hydrogens is 182 g/mol. The van der Waals surface area contributed by atoms with Crippen molar-refractivity contribution in [3.05, 3.63) is 16.1 Å². The molecule has 0 spiro atoms. The van der Waals surface area contributed by atoms with Crippen molar-refractivity contribution in [2.24, 2.45) is 0 Å². The van der Waals surface area contributed by atoms with E-state index < -0.39 is 0 Å². The zero-order valence-electron chi connectivity index (χ0n) is 7.96. The van der Waals surface area contributed by atoms with Crippen LogP contribution in [0.4, 0.5) is 0 Å². The predicted molar refractivity (Wildman–Crippen MR) is 53.1 cm³/mol. The lowest BCUT2D eigenvalue weighted by molar-refractivity contribution is -0.117. The molecule has 1 unspecified atom stereocenters. The first-order valence-corrected chi connectivity index (χ1v) is 5.42. The van der Waals surface area contributed by atoms with E-state index in [4.69, 9.17) is 0 Å².